The van der Waals surface area contributed by atoms with Gasteiger partial charge < -0.3 is 5.32 Å². The molecule has 120 valence electrons. The largest absolute Gasteiger partial charge is 0.391 e. The molecule has 0 aliphatic heterocycles. The molecule has 4 heteroatoms. The van der Waals surface area contributed by atoms with E-state index in [1.807, 2.05) is 0 Å². The van der Waals surface area contributed by atoms with Crippen LogP contribution in [-0.2, 0) is 0 Å². The van der Waals surface area contributed by atoms with E-state index < -0.39 is 12.1 Å². The number of alkyl halides is 3. The minimum Gasteiger partial charge on any atom is -0.313 e. The second-order valence-electron chi connectivity index (χ2n) is 7.10. The first-order chi connectivity index (χ1) is 9.24. The van der Waals surface area contributed by atoms with Gasteiger partial charge in [0.05, 0.1) is 5.92 Å². The summed E-state index contributed by atoms with van der Waals surface area (Å²) in [6, 6.07) is 0.0424. The van der Waals surface area contributed by atoms with Crippen molar-refractivity contribution in [3.05, 3.63) is 0 Å². The maximum atomic E-state index is 12.8. The van der Waals surface area contributed by atoms with Crippen molar-refractivity contribution in [1.82, 2.24) is 5.32 Å². The van der Waals surface area contributed by atoms with Crippen LogP contribution in [0.25, 0.3) is 0 Å². The molecule has 0 aromatic carbocycles. The maximum Gasteiger partial charge on any atom is 0.391 e. The lowest BCUT2D eigenvalue weighted by atomic mass is 9.83. The quantitative estimate of drug-likeness (QED) is 0.628. The molecule has 0 radical (unpaired) electrons. The van der Waals surface area contributed by atoms with Gasteiger partial charge in [-0.2, -0.15) is 13.2 Å². The van der Waals surface area contributed by atoms with E-state index in [9.17, 15) is 13.2 Å². The van der Waals surface area contributed by atoms with Gasteiger partial charge in [-0.05, 0) is 31.1 Å². The Labute approximate surface area is 121 Å². The van der Waals surface area contributed by atoms with Crippen LogP contribution in [0.2, 0.25) is 0 Å². The van der Waals surface area contributed by atoms with Crippen LogP contribution < -0.4 is 5.32 Å². The fourth-order valence-corrected chi connectivity index (χ4v) is 3.04. The Bertz CT molecular complexity index is 273. The van der Waals surface area contributed by atoms with E-state index in [1.165, 1.54) is 19.3 Å². The lowest BCUT2D eigenvalue weighted by Gasteiger charge is -2.34. The number of nitrogens with one attached hydrogen (secondary N) is 1. The molecule has 0 aromatic rings. The first-order valence-corrected chi connectivity index (χ1v) is 8.05. The van der Waals surface area contributed by atoms with Crippen molar-refractivity contribution in [2.24, 2.45) is 11.3 Å². The molecule has 20 heavy (non-hydrogen) atoms. The second-order valence-corrected chi connectivity index (χ2v) is 7.10. The standard InChI is InChI=1S/C16H30F3N/c1-4-5-6-10-15(2,3)12-20-14-9-7-8-13(11-14)16(17,18)19/h13-14,20H,4-12H2,1-3H3. The second kappa shape index (κ2) is 7.67. The number of hydrogen-bond acceptors (Lipinski definition) is 1. The topological polar surface area (TPSA) is 12.0 Å². The molecule has 0 amide bonds. The Morgan fingerprint density at radius 2 is 1.80 bits per heavy atom. The third-order valence-electron chi connectivity index (χ3n) is 4.46. The molecule has 0 saturated heterocycles. The fraction of sp³-hybridized carbons (Fsp3) is 1.00. The third kappa shape index (κ3) is 6.47. The summed E-state index contributed by atoms with van der Waals surface area (Å²) in [4.78, 5) is 0. The fourth-order valence-electron chi connectivity index (χ4n) is 3.04. The average Bonchev–Trinajstić information content (AvgIpc) is 2.36. The minimum atomic E-state index is -4.02. The number of halogens is 3. The lowest BCUT2D eigenvalue weighted by Crippen LogP contribution is -2.42. The molecule has 1 N–H and O–H groups in total. The molecule has 1 rings (SSSR count). The molecule has 2 atom stereocenters. The minimum absolute atomic E-state index is 0.0424. The van der Waals surface area contributed by atoms with Crippen LogP contribution in [0.4, 0.5) is 13.2 Å². The highest BCUT2D eigenvalue weighted by atomic mass is 19.4. The average molecular weight is 293 g/mol. The van der Waals surface area contributed by atoms with Gasteiger partial charge in [0.1, 0.15) is 0 Å². The van der Waals surface area contributed by atoms with Crippen LogP contribution in [-0.4, -0.2) is 18.8 Å². The molecular formula is C16H30F3N. The van der Waals surface area contributed by atoms with E-state index in [1.54, 1.807) is 0 Å². The van der Waals surface area contributed by atoms with Crippen molar-refractivity contribution < 1.29 is 13.2 Å². The molecule has 1 saturated carbocycles. The summed E-state index contributed by atoms with van der Waals surface area (Å²) < 4.78 is 38.3. The van der Waals surface area contributed by atoms with E-state index in [2.05, 4.69) is 26.1 Å². The molecule has 0 bridgehead atoms. The zero-order chi connectivity index (χ0) is 15.2. The van der Waals surface area contributed by atoms with Crippen molar-refractivity contribution in [3.8, 4) is 0 Å². The Morgan fingerprint density at radius 1 is 1.10 bits per heavy atom. The van der Waals surface area contributed by atoms with Crippen LogP contribution in [0, 0.1) is 11.3 Å². The van der Waals surface area contributed by atoms with E-state index in [4.69, 9.17) is 0 Å². The van der Waals surface area contributed by atoms with Gasteiger partial charge in [0.15, 0.2) is 0 Å². The molecule has 1 nitrogen and oxygen atoms in total. The molecule has 1 aliphatic rings. The van der Waals surface area contributed by atoms with E-state index in [0.717, 1.165) is 19.4 Å². The van der Waals surface area contributed by atoms with E-state index >= 15 is 0 Å². The van der Waals surface area contributed by atoms with Gasteiger partial charge in [-0.3, -0.25) is 0 Å². The molecular weight excluding hydrogens is 263 g/mol. The van der Waals surface area contributed by atoms with Crippen LogP contribution in [0.15, 0.2) is 0 Å². The van der Waals surface area contributed by atoms with Gasteiger partial charge in [0.25, 0.3) is 0 Å². The summed E-state index contributed by atoms with van der Waals surface area (Å²) in [6.07, 6.45) is 2.93. The van der Waals surface area contributed by atoms with Crippen LogP contribution >= 0.6 is 0 Å². The number of hydrogen-bond donors (Lipinski definition) is 1. The highest BCUT2D eigenvalue weighted by molar-refractivity contribution is 4.83. The smallest absolute Gasteiger partial charge is 0.313 e. The first kappa shape index (κ1) is 17.8. The van der Waals surface area contributed by atoms with E-state index in [-0.39, 0.29) is 17.9 Å². The number of unbranched alkanes of at least 4 members (excludes halogenated alkanes) is 2. The summed E-state index contributed by atoms with van der Waals surface area (Å²) in [5.41, 5.74) is 0.181. The Balaban J connectivity index is 2.33. The zero-order valence-electron chi connectivity index (χ0n) is 13.2. The highest BCUT2D eigenvalue weighted by Gasteiger charge is 2.42. The Kier molecular flexibility index (Phi) is 6.83. The van der Waals surface area contributed by atoms with Crippen LogP contribution in [0.1, 0.15) is 72.1 Å². The predicted molar refractivity (Wildman–Crippen MR) is 77.7 cm³/mol. The van der Waals surface area contributed by atoms with Gasteiger partial charge in [-0.25, -0.2) is 0 Å². The predicted octanol–water partition coefficient (Wildman–Crippen LogP) is 5.30. The normalized spacial score (nSPS) is 24.9. The zero-order valence-corrected chi connectivity index (χ0v) is 13.2. The number of rotatable bonds is 7. The summed E-state index contributed by atoms with van der Waals surface area (Å²) in [5, 5.41) is 3.39. The molecule has 0 heterocycles. The van der Waals surface area contributed by atoms with Gasteiger partial charge in [-0.1, -0.05) is 46.5 Å². The van der Waals surface area contributed by atoms with Crippen molar-refractivity contribution in [2.75, 3.05) is 6.54 Å². The highest BCUT2D eigenvalue weighted by Crippen LogP contribution is 2.37. The SMILES string of the molecule is CCCCCC(C)(C)CNC1CCCC(C(F)(F)F)C1. The summed E-state index contributed by atoms with van der Waals surface area (Å²) in [6.45, 7) is 7.43. The van der Waals surface area contributed by atoms with Gasteiger partial charge in [0.2, 0.25) is 0 Å². The van der Waals surface area contributed by atoms with Crippen molar-refractivity contribution in [2.45, 2.75) is 84.4 Å². The Hall–Kier alpha value is -0.250. The molecule has 1 fully saturated rings. The molecule has 0 spiro atoms. The molecule has 1 aliphatic carbocycles. The van der Waals surface area contributed by atoms with Crippen LogP contribution in [0.3, 0.4) is 0 Å². The first-order valence-electron chi connectivity index (χ1n) is 8.05. The Morgan fingerprint density at radius 3 is 2.40 bits per heavy atom. The monoisotopic (exact) mass is 293 g/mol. The molecule has 2 unspecified atom stereocenters. The van der Waals surface area contributed by atoms with Gasteiger partial charge in [0, 0.05) is 12.6 Å². The van der Waals surface area contributed by atoms with Crippen molar-refractivity contribution >= 4 is 0 Å². The van der Waals surface area contributed by atoms with Gasteiger partial charge in [-0.15, -0.1) is 0 Å². The summed E-state index contributed by atoms with van der Waals surface area (Å²) in [5.74, 6) is -1.10. The third-order valence-corrected chi connectivity index (χ3v) is 4.46. The van der Waals surface area contributed by atoms with Gasteiger partial charge >= 0.3 is 6.18 Å². The molecule has 0 aromatic heterocycles. The summed E-state index contributed by atoms with van der Waals surface area (Å²) in [7, 11) is 0. The maximum absolute atomic E-state index is 12.8. The van der Waals surface area contributed by atoms with Crippen molar-refractivity contribution in [3.63, 3.8) is 0 Å². The van der Waals surface area contributed by atoms with Crippen LogP contribution in [0.5, 0.6) is 0 Å². The lowest BCUT2D eigenvalue weighted by molar-refractivity contribution is -0.183. The summed E-state index contributed by atoms with van der Waals surface area (Å²) >= 11 is 0. The van der Waals surface area contributed by atoms with Crippen molar-refractivity contribution in [1.29, 1.82) is 0 Å². The van der Waals surface area contributed by atoms with E-state index in [0.29, 0.717) is 12.8 Å².